The molecule has 0 fully saturated rings. The van der Waals surface area contributed by atoms with Gasteiger partial charge in [-0.15, -0.1) is 0 Å². The Kier molecular flexibility index (Phi) is 4.81. The molecule has 3 rings (SSSR count). The van der Waals surface area contributed by atoms with Crippen LogP contribution in [0.25, 0.3) is 10.9 Å². The van der Waals surface area contributed by atoms with E-state index in [-0.39, 0.29) is 18.7 Å². The minimum absolute atomic E-state index is 0.0456. The second kappa shape index (κ2) is 7.03. The predicted octanol–water partition coefficient (Wildman–Crippen LogP) is 2.59. The second-order valence-corrected chi connectivity index (χ2v) is 6.10. The van der Waals surface area contributed by atoms with Crippen molar-refractivity contribution in [2.45, 2.75) is 26.5 Å². The molecule has 0 saturated heterocycles. The van der Waals surface area contributed by atoms with E-state index in [9.17, 15) is 14.3 Å². The van der Waals surface area contributed by atoms with Crippen LogP contribution in [0.3, 0.4) is 0 Å². The molecule has 1 N–H and O–H groups in total. The smallest absolute Gasteiger partial charge is 0.261 e. The maximum atomic E-state index is 13.2. The molecular formula is C19H19FN2O3. The van der Waals surface area contributed by atoms with E-state index in [2.05, 4.69) is 4.98 Å². The molecule has 1 atom stereocenters. The Balaban J connectivity index is 1.72. The predicted molar refractivity (Wildman–Crippen MR) is 93.4 cm³/mol. The van der Waals surface area contributed by atoms with E-state index in [4.69, 9.17) is 4.74 Å². The van der Waals surface area contributed by atoms with Gasteiger partial charge in [0.05, 0.1) is 23.8 Å². The Morgan fingerprint density at radius 2 is 2.04 bits per heavy atom. The number of aliphatic hydroxyl groups excluding tert-OH is 1. The van der Waals surface area contributed by atoms with Gasteiger partial charge in [0.2, 0.25) is 0 Å². The molecule has 0 unspecified atom stereocenters. The number of aryl methyl sites for hydroxylation is 2. The van der Waals surface area contributed by atoms with Gasteiger partial charge in [-0.2, -0.15) is 0 Å². The number of hydrogen-bond donors (Lipinski definition) is 1. The molecule has 0 saturated carbocycles. The van der Waals surface area contributed by atoms with E-state index < -0.39 is 11.9 Å². The van der Waals surface area contributed by atoms with Crippen molar-refractivity contribution in [2.75, 3.05) is 6.61 Å². The summed E-state index contributed by atoms with van der Waals surface area (Å²) >= 11 is 0. The summed E-state index contributed by atoms with van der Waals surface area (Å²) in [5.41, 5.74) is 2.01. The molecule has 0 aliphatic rings. The summed E-state index contributed by atoms with van der Waals surface area (Å²) in [5.74, 6) is 0.262. The number of hydrogen-bond acceptors (Lipinski definition) is 4. The second-order valence-electron chi connectivity index (χ2n) is 6.10. The van der Waals surface area contributed by atoms with Crippen molar-refractivity contribution in [1.82, 2.24) is 9.55 Å². The standard InChI is InChI=1S/C19H19FN2O3/c1-12-3-4-13(2)18(7-12)25-10-15(23)9-22-11-21-17-8-14(20)5-6-16(17)19(22)24/h3-8,11,15,23H,9-10H2,1-2H3/t15-/m0/s1. The molecule has 130 valence electrons. The number of ether oxygens (including phenoxy) is 1. The zero-order valence-corrected chi connectivity index (χ0v) is 14.1. The van der Waals surface area contributed by atoms with E-state index in [0.29, 0.717) is 16.7 Å². The molecule has 3 aromatic rings. The Labute approximate surface area is 144 Å². The van der Waals surface area contributed by atoms with Crippen molar-refractivity contribution in [1.29, 1.82) is 0 Å². The molecule has 25 heavy (non-hydrogen) atoms. The van der Waals surface area contributed by atoms with Gasteiger partial charge in [0, 0.05) is 6.07 Å². The zero-order chi connectivity index (χ0) is 18.0. The van der Waals surface area contributed by atoms with Crippen molar-refractivity contribution in [3.8, 4) is 5.75 Å². The lowest BCUT2D eigenvalue weighted by atomic mass is 10.1. The minimum Gasteiger partial charge on any atom is -0.491 e. The largest absolute Gasteiger partial charge is 0.491 e. The van der Waals surface area contributed by atoms with Crippen LogP contribution in [0, 0.1) is 19.7 Å². The van der Waals surface area contributed by atoms with Gasteiger partial charge in [0.1, 0.15) is 24.3 Å². The highest BCUT2D eigenvalue weighted by Gasteiger charge is 2.11. The van der Waals surface area contributed by atoms with Crippen LogP contribution in [0.15, 0.2) is 47.5 Å². The highest BCUT2D eigenvalue weighted by Crippen LogP contribution is 2.19. The van der Waals surface area contributed by atoms with Gasteiger partial charge >= 0.3 is 0 Å². The van der Waals surface area contributed by atoms with Gasteiger partial charge in [-0.05, 0) is 43.2 Å². The normalized spacial score (nSPS) is 12.3. The molecule has 0 radical (unpaired) electrons. The third-order valence-electron chi connectivity index (χ3n) is 3.97. The molecule has 5 nitrogen and oxygen atoms in total. The Morgan fingerprint density at radius 1 is 1.24 bits per heavy atom. The Hall–Kier alpha value is -2.73. The Bertz CT molecular complexity index is 969. The fourth-order valence-electron chi connectivity index (χ4n) is 2.59. The van der Waals surface area contributed by atoms with Crippen molar-refractivity contribution in [3.05, 3.63) is 70.0 Å². The topological polar surface area (TPSA) is 64.3 Å². The molecule has 0 aliphatic carbocycles. The van der Waals surface area contributed by atoms with Crippen molar-refractivity contribution in [2.24, 2.45) is 0 Å². The molecular weight excluding hydrogens is 323 g/mol. The summed E-state index contributed by atoms with van der Waals surface area (Å²) in [5, 5.41) is 10.5. The van der Waals surface area contributed by atoms with Crippen LogP contribution in [0.1, 0.15) is 11.1 Å². The van der Waals surface area contributed by atoms with Crippen LogP contribution < -0.4 is 10.3 Å². The summed E-state index contributed by atoms with van der Waals surface area (Å²) < 4.78 is 20.2. The molecule has 2 aromatic carbocycles. The van der Waals surface area contributed by atoms with Gasteiger partial charge in [-0.25, -0.2) is 9.37 Å². The maximum absolute atomic E-state index is 13.2. The number of aromatic nitrogens is 2. The fourth-order valence-corrected chi connectivity index (χ4v) is 2.59. The average Bonchev–Trinajstić information content (AvgIpc) is 2.58. The van der Waals surface area contributed by atoms with Gasteiger partial charge in [-0.1, -0.05) is 12.1 Å². The fraction of sp³-hybridized carbons (Fsp3) is 0.263. The van der Waals surface area contributed by atoms with E-state index in [1.54, 1.807) is 0 Å². The first-order valence-corrected chi connectivity index (χ1v) is 7.97. The first kappa shape index (κ1) is 17.1. The average molecular weight is 342 g/mol. The summed E-state index contributed by atoms with van der Waals surface area (Å²) in [6.45, 7) is 3.99. The van der Waals surface area contributed by atoms with Crippen LogP contribution in [0.2, 0.25) is 0 Å². The third kappa shape index (κ3) is 3.85. The first-order valence-electron chi connectivity index (χ1n) is 7.97. The van der Waals surface area contributed by atoms with Crippen LogP contribution >= 0.6 is 0 Å². The highest BCUT2D eigenvalue weighted by molar-refractivity contribution is 5.77. The molecule has 0 aliphatic heterocycles. The van der Waals surface area contributed by atoms with E-state index in [1.165, 1.54) is 29.1 Å². The highest BCUT2D eigenvalue weighted by atomic mass is 19.1. The van der Waals surface area contributed by atoms with Gasteiger partial charge in [-0.3, -0.25) is 9.36 Å². The monoisotopic (exact) mass is 342 g/mol. The summed E-state index contributed by atoms with van der Waals surface area (Å²) in [6.07, 6.45) is 0.433. The molecule has 6 heteroatoms. The molecule has 0 amide bonds. The molecule has 0 spiro atoms. The number of halogens is 1. The third-order valence-corrected chi connectivity index (χ3v) is 3.97. The lowest BCUT2D eigenvalue weighted by molar-refractivity contribution is 0.0911. The molecule has 1 heterocycles. The first-order chi connectivity index (χ1) is 11.9. The summed E-state index contributed by atoms with van der Waals surface area (Å²) in [4.78, 5) is 16.5. The summed E-state index contributed by atoms with van der Waals surface area (Å²) in [7, 11) is 0. The number of benzene rings is 2. The van der Waals surface area contributed by atoms with Crippen LogP contribution in [-0.4, -0.2) is 27.4 Å². The van der Waals surface area contributed by atoms with Crippen molar-refractivity contribution >= 4 is 10.9 Å². The summed E-state index contributed by atoms with van der Waals surface area (Å²) in [6, 6.07) is 9.67. The van der Waals surface area contributed by atoms with Crippen LogP contribution in [-0.2, 0) is 6.54 Å². The quantitative estimate of drug-likeness (QED) is 0.774. The number of aliphatic hydroxyl groups is 1. The van der Waals surface area contributed by atoms with Gasteiger partial charge in [0.25, 0.3) is 5.56 Å². The van der Waals surface area contributed by atoms with E-state index >= 15 is 0 Å². The van der Waals surface area contributed by atoms with E-state index in [0.717, 1.165) is 11.1 Å². The SMILES string of the molecule is Cc1ccc(C)c(OC[C@@H](O)Cn2cnc3cc(F)ccc3c2=O)c1. The molecule has 0 bridgehead atoms. The van der Waals surface area contributed by atoms with Crippen LogP contribution in [0.5, 0.6) is 5.75 Å². The van der Waals surface area contributed by atoms with Crippen molar-refractivity contribution in [3.63, 3.8) is 0 Å². The molecule has 1 aromatic heterocycles. The minimum atomic E-state index is -0.877. The number of nitrogens with zero attached hydrogens (tertiary/aromatic N) is 2. The Morgan fingerprint density at radius 3 is 2.84 bits per heavy atom. The maximum Gasteiger partial charge on any atom is 0.261 e. The number of rotatable bonds is 5. The van der Waals surface area contributed by atoms with Crippen LogP contribution in [0.4, 0.5) is 4.39 Å². The number of fused-ring (bicyclic) bond motifs is 1. The van der Waals surface area contributed by atoms with E-state index in [1.807, 2.05) is 32.0 Å². The zero-order valence-electron chi connectivity index (χ0n) is 14.1. The van der Waals surface area contributed by atoms with Gasteiger partial charge in [0.15, 0.2) is 0 Å². The van der Waals surface area contributed by atoms with Gasteiger partial charge < -0.3 is 9.84 Å². The van der Waals surface area contributed by atoms with Crippen molar-refractivity contribution < 1.29 is 14.2 Å². The lowest BCUT2D eigenvalue weighted by Crippen LogP contribution is -2.30. The lowest BCUT2D eigenvalue weighted by Gasteiger charge is -2.15.